The number of rotatable bonds is 6. The van der Waals surface area contributed by atoms with Gasteiger partial charge in [0.05, 0.1) is 7.11 Å². The Kier molecular flexibility index (Phi) is 4.92. The molecular formula is C16H15NO3. The number of hydroxylamine groups is 1. The lowest BCUT2D eigenvalue weighted by Crippen LogP contribution is -2.03. The number of hydrogen-bond acceptors (Lipinski definition) is 4. The Morgan fingerprint density at radius 1 is 1.00 bits per heavy atom. The third-order valence-electron chi connectivity index (χ3n) is 2.54. The van der Waals surface area contributed by atoms with E-state index in [-0.39, 0.29) is 5.78 Å². The van der Waals surface area contributed by atoms with Gasteiger partial charge in [0.2, 0.25) is 0 Å². The van der Waals surface area contributed by atoms with Crippen LogP contribution in [0.2, 0.25) is 0 Å². The summed E-state index contributed by atoms with van der Waals surface area (Å²) in [5.74, 6) is 1.34. The van der Waals surface area contributed by atoms with E-state index in [2.05, 4.69) is 10.3 Å². The zero-order valence-corrected chi connectivity index (χ0v) is 11.1. The predicted octanol–water partition coefficient (Wildman–Crippen LogP) is 3.33. The fourth-order valence-electron chi connectivity index (χ4n) is 1.59. The molecule has 2 aromatic rings. The topological polar surface area (TPSA) is 47.6 Å². The standard InChI is InChI=1S/C16H15NO3/c1-19-17-12-11-16(18)13-7-9-15(10-8-13)20-14-5-3-2-4-6-14/h2-12,17H,1H3. The van der Waals surface area contributed by atoms with Crippen molar-refractivity contribution in [3.8, 4) is 11.5 Å². The molecule has 0 heterocycles. The first-order chi connectivity index (χ1) is 9.79. The highest BCUT2D eigenvalue weighted by Gasteiger charge is 2.02. The Labute approximate surface area is 117 Å². The summed E-state index contributed by atoms with van der Waals surface area (Å²) >= 11 is 0. The average Bonchev–Trinajstić information content (AvgIpc) is 2.49. The van der Waals surface area contributed by atoms with Gasteiger partial charge < -0.3 is 4.74 Å². The maximum absolute atomic E-state index is 11.8. The van der Waals surface area contributed by atoms with Crippen molar-refractivity contribution in [2.45, 2.75) is 0 Å². The van der Waals surface area contributed by atoms with Gasteiger partial charge in [0.25, 0.3) is 0 Å². The van der Waals surface area contributed by atoms with Crippen LogP contribution in [-0.4, -0.2) is 12.9 Å². The number of allylic oxidation sites excluding steroid dienone is 1. The number of carbonyl (C=O) groups is 1. The second-order valence-corrected chi connectivity index (χ2v) is 3.96. The molecule has 0 atom stereocenters. The first kappa shape index (κ1) is 13.8. The van der Waals surface area contributed by atoms with Gasteiger partial charge in [-0.25, -0.2) is 0 Å². The van der Waals surface area contributed by atoms with E-state index in [0.717, 1.165) is 5.75 Å². The molecule has 0 spiro atoms. The van der Waals surface area contributed by atoms with Crippen molar-refractivity contribution in [1.29, 1.82) is 0 Å². The van der Waals surface area contributed by atoms with Gasteiger partial charge in [0.1, 0.15) is 11.5 Å². The zero-order valence-electron chi connectivity index (χ0n) is 11.1. The first-order valence-electron chi connectivity index (χ1n) is 6.12. The van der Waals surface area contributed by atoms with Crippen molar-refractivity contribution in [2.24, 2.45) is 0 Å². The quantitative estimate of drug-likeness (QED) is 0.496. The van der Waals surface area contributed by atoms with Gasteiger partial charge in [-0.05, 0) is 36.4 Å². The normalized spacial score (nSPS) is 10.4. The summed E-state index contributed by atoms with van der Waals surface area (Å²) in [4.78, 5) is 16.4. The van der Waals surface area contributed by atoms with Crippen molar-refractivity contribution in [2.75, 3.05) is 7.11 Å². The molecule has 0 radical (unpaired) electrons. The van der Waals surface area contributed by atoms with Gasteiger partial charge in [-0.1, -0.05) is 18.2 Å². The summed E-state index contributed by atoms with van der Waals surface area (Å²) in [5.41, 5.74) is 3.05. The molecule has 2 aromatic carbocycles. The fraction of sp³-hybridized carbons (Fsp3) is 0.0625. The van der Waals surface area contributed by atoms with Crippen LogP contribution in [0.3, 0.4) is 0 Å². The molecule has 0 saturated carbocycles. The third kappa shape index (κ3) is 3.96. The van der Waals surface area contributed by atoms with Crippen molar-refractivity contribution in [3.05, 3.63) is 72.4 Å². The fourth-order valence-corrected chi connectivity index (χ4v) is 1.59. The van der Waals surface area contributed by atoms with Gasteiger partial charge in [0, 0.05) is 17.8 Å². The highest BCUT2D eigenvalue weighted by Crippen LogP contribution is 2.21. The summed E-state index contributed by atoms with van der Waals surface area (Å²) in [5, 5.41) is 0. The van der Waals surface area contributed by atoms with Crippen LogP contribution in [0.1, 0.15) is 10.4 Å². The smallest absolute Gasteiger partial charge is 0.187 e. The molecule has 1 N–H and O–H groups in total. The lowest BCUT2D eigenvalue weighted by atomic mass is 10.1. The Morgan fingerprint density at radius 2 is 1.65 bits per heavy atom. The van der Waals surface area contributed by atoms with E-state index in [1.165, 1.54) is 19.4 Å². The molecule has 20 heavy (non-hydrogen) atoms. The molecule has 0 aliphatic rings. The molecule has 2 rings (SSSR count). The van der Waals surface area contributed by atoms with Gasteiger partial charge in [-0.15, -0.1) is 0 Å². The van der Waals surface area contributed by atoms with Crippen molar-refractivity contribution >= 4 is 5.78 Å². The van der Waals surface area contributed by atoms with Crippen LogP contribution in [0.15, 0.2) is 66.9 Å². The average molecular weight is 269 g/mol. The van der Waals surface area contributed by atoms with E-state index >= 15 is 0 Å². The van der Waals surface area contributed by atoms with Gasteiger partial charge >= 0.3 is 0 Å². The Balaban J connectivity index is 2.01. The number of benzene rings is 2. The van der Waals surface area contributed by atoms with Crippen LogP contribution in [0, 0.1) is 0 Å². The van der Waals surface area contributed by atoms with Gasteiger partial charge in [0.15, 0.2) is 5.78 Å². The number of hydrogen-bond donors (Lipinski definition) is 1. The minimum absolute atomic E-state index is 0.110. The van der Waals surface area contributed by atoms with E-state index in [1.54, 1.807) is 24.3 Å². The maximum Gasteiger partial charge on any atom is 0.187 e. The largest absolute Gasteiger partial charge is 0.457 e. The molecule has 0 aromatic heterocycles. The molecule has 4 nitrogen and oxygen atoms in total. The molecule has 0 unspecified atom stereocenters. The molecular weight excluding hydrogens is 254 g/mol. The lowest BCUT2D eigenvalue weighted by molar-refractivity contribution is 0.103. The van der Waals surface area contributed by atoms with Crippen LogP contribution in [-0.2, 0) is 4.84 Å². The van der Waals surface area contributed by atoms with Crippen molar-refractivity contribution < 1.29 is 14.4 Å². The number of ketones is 1. The molecule has 0 saturated heterocycles. The summed E-state index contributed by atoms with van der Waals surface area (Å²) < 4.78 is 5.65. The molecule has 102 valence electrons. The van der Waals surface area contributed by atoms with Gasteiger partial charge in [-0.3, -0.25) is 15.1 Å². The zero-order chi connectivity index (χ0) is 14.2. The van der Waals surface area contributed by atoms with E-state index in [9.17, 15) is 4.79 Å². The van der Waals surface area contributed by atoms with Crippen LogP contribution < -0.4 is 10.2 Å². The monoisotopic (exact) mass is 269 g/mol. The van der Waals surface area contributed by atoms with E-state index in [0.29, 0.717) is 11.3 Å². The first-order valence-corrected chi connectivity index (χ1v) is 6.12. The summed E-state index contributed by atoms with van der Waals surface area (Å²) in [7, 11) is 1.48. The van der Waals surface area contributed by atoms with Crippen LogP contribution in [0.4, 0.5) is 0 Å². The van der Waals surface area contributed by atoms with Gasteiger partial charge in [-0.2, -0.15) is 0 Å². The Morgan fingerprint density at radius 3 is 2.30 bits per heavy atom. The minimum Gasteiger partial charge on any atom is -0.457 e. The third-order valence-corrected chi connectivity index (χ3v) is 2.54. The van der Waals surface area contributed by atoms with E-state index in [4.69, 9.17) is 4.74 Å². The van der Waals surface area contributed by atoms with Crippen LogP contribution in [0.5, 0.6) is 11.5 Å². The molecule has 0 fully saturated rings. The summed E-state index contributed by atoms with van der Waals surface area (Å²) in [6.45, 7) is 0. The molecule has 4 heteroatoms. The molecule has 0 amide bonds. The van der Waals surface area contributed by atoms with E-state index in [1.807, 2.05) is 30.3 Å². The second kappa shape index (κ2) is 7.11. The molecule has 0 aliphatic carbocycles. The second-order valence-electron chi connectivity index (χ2n) is 3.96. The number of ether oxygens (including phenoxy) is 1. The summed E-state index contributed by atoms with van der Waals surface area (Å²) in [6, 6.07) is 16.4. The number of para-hydroxylation sites is 1. The highest BCUT2D eigenvalue weighted by molar-refractivity contribution is 6.04. The maximum atomic E-state index is 11.8. The van der Waals surface area contributed by atoms with E-state index < -0.39 is 0 Å². The Bertz CT molecular complexity index is 576. The number of nitrogens with one attached hydrogen (secondary N) is 1. The van der Waals surface area contributed by atoms with Crippen molar-refractivity contribution in [1.82, 2.24) is 5.48 Å². The predicted molar refractivity (Wildman–Crippen MR) is 76.6 cm³/mol. The Hall–Kier alpha value is -2.59. The number of carbonyl (C=O) groups excluding carboxylic acids is 1. The minimum atomic E-state index is -0.110. The summed E-state index contributed by atoms with van der Waals surface area (Å²) in [6.07, 6.45) is 2.84. The molecule has 0 aliphatic heterocycles. The SMILES string of the molecule is CONC=CC(=O)c1ccc(Oc2ccccc2)cc1. The molecule has 0 bridgehead atoms. The van der Waals surface area contributed by atoms with Crippen molar-refractivity contribution in [3.63, 3.8) is 0 Å². The van der Waals surface area contributed by atoms with Crippen LogP contribution in [0.25, 0.3) is 0 Å². The highest BCUT2D eigenvalue weighted by atomic mass is 16.6. The van der Waals surface area contributed by atoms with Crippen LogP contribution >= 0.6 is 0 Å². The lowest BCUT2D eigenvalue weighted by Gasteiger charge is -2.05.